The van der Waals surface area contributed by atoms with Crippen molar-refractivity contribution in [3.8, 4) is 5.75 Å². The topological polar surface area (TPSA) is 49.0 Å². The molecular formula is C19H27NO4. The second kappa shape index (κ2) is 7.30. The SMILES string of the molecule is c1cc(OCC2CCCO2)ccc1NC1CCC2(CC1)OCCO2. The molecular weight excluding hydrogens is 306 g/mol. The van der Waals surface area contributed by atoms with Gasteiger partial charge in [0.2, 0.25) is 0 Å². The van der Waals surface area contributed by atoms with E-state index in [1.807, 2.05) is 12.1 Å². The third-order valence-corrected chi connectivity index (χ3v) is 5.25. The first kappa shape index (κ1) is 16.2. The third kappa shape index (κ3) is 3.85. The lowest BCUT2D eigenvalue weighted by Crippen LogP contribution is -2.39. The van der Waals surface area contributed by atoms with E-state index in [-0.39, 0.29) is 11.9 Å². The van der Waals surface area contributed by atoms with Crippen LogP contribution in [0.2, 0.25) is 0 Å². The number of anilines is 1. The highest BCUT2D eigenvalue weighted by Gasteiger charge is 2.40. The lowest BCUT2D eigenvalue weighted by molar-refractivity contribution is -0.177. The van der Waals surface area contributed by atoms with E-state index < -0.39 is 0 Å². The van der Waals surface area contributed by atoms with Crippen molar-refractivity contribution in [1.82, 2.24) is 0 Å². The molecule has 2 saturated heterocycles. The highest BCUT2D eigenvalue weighted by Crippen LogP contribution is 2.36. The zero-order valence-corrected chi connectivity index (χ0v) is 14.2. The van der Waals surface area contributed by atoms with Gasteiger partial charge in [-0.1, -0.05) is 0 Å². The van der Waals surface area contributed by atoms with Gasteiger partial charge in [0.05, 0.1) is 19.3 Å². The van der Waals surface area contributed by atoms with Gasteiger partial charge in [0.25, 0.3) is 0 Å². The second-order valence-corrected chi connectivity index (χ2v) is 7.00. The molecule has 2 heterocycles. The molecule has 5 nitrogen and oxygen atoms in total. The van der Waals surface area contributed by atoms with Crippen LogP contribution in [-0.2, 0) is 14.2 Å². The summed E-state index contributed by atoms with van der Waals surface area (Å²) in [6.07, 6.45) is 6.64. The molecule has 24 heavy (non-hydrogen) atoms. The number of nitrogens with one attached hydrogen (secondary N) is 1. The Bertz CT molecular complexity index is 511. The minimum absolute atomic E-state index is 0.261. The van der Waals surface area contributed by atoms with Crippen LogP contribution in [0.25, 0.3) is 0 Å². The summed E-state index contributed by atoms with van der Waals surface area (Å²) in [5.41, 5.74) is 1.15. The Kier molecular flexibility index (Phi) is 4.92. The maximum absolute atomic E-state index is 5.81. The molecule has 2 aliphatic heterocycles. The Morgan fingerprint density at radius 3 is 2.42 bits per heavy atom. The molecule has 1 atom stereocenters. The predicted octanol–water partition coefficient (Wildman–Crippen LogP) is 3.34. The number of rotatable bonds is 5. The Labute approximate surface area is 143 Å². The van der Waals surface area contributed by atoms with E-state index in [9.17, 15) is 0 Å². The summed E-state index contributed by atoms with van der Waals surface area (Å²) < 4.78 is 23.0. The lowest BCUT2D eigenvalue weighted by Gasteiger charge is -2.36. The van der Waals surface area contributed by atoms with Crippen molar-refractivity contribution in [1.29, 1.82) is 0 Å². The highest BCUT2D eigenvalue weighted by atomic mass is 16.7. The summed E-state index contributed by atoms with van der Waals surface area (Å²) in [4.78, 5) is 0. The van der Waals surface area contributed by atoms with Crippen molar-refractivity contribution < 1.29 is 18.9 Å². The molecule has 0 amide bonds. The average molecular weight is 333 g/mol. The fraction of sp³-hybridized carbons (Fsp3) is 0.684. The third-order valence-electron chi connectivity index (χ3n) is 5.25. The van der Waals surface area contributed by atoms with Crippen LogP contribution < -0.4 is 10.1 Å². The predicted molar refractivity (Wildman–Crippen MR) is 91.4 cm³/mol. The van der Waals surface area contributed by atoms with Crippen LogP contribution in [0.15, 0.2) is 24.3 Å². The zero-order valence-electron chi connectivity index (χ0n) is 14.2. The molecule has 1 aliphatic carbocycles. The summed E-state index contributed by atoms with van der Waals surface area (Å²) in [6, 6.07) is 8.74. The Morgan fingerprint density at radius 1 is 1.00 bits per heavy atom. The first-order chi connectivity index (χ1) is 11.8. The Morgan fingerprint density at radius 2 is 1.75 bits per heavy atom. The standard InChI is InChI=1S/C19H27NO4/c1-2-18(21-11-1)14-22-17-5-3-15(4-6-17)20-16-7-9-19(10-8-16)23-12-13-24-19/h3-6,16,18,20H,1-2,7-14H2. The fourth-order valence-electron chi connectivity index (χ4n) is 3.84. The number of benzene rings is 1. The first-order valence-electron chi connectivity index (χ1n) is 9.20. The van der Waals surface area contributed by atoms with Gasteiger partial charge in [-0.25, -0.2) is 0 Å². The molecule has 3 aliphatic rings. The van der Waals surface area contributed by atoms with Gasteiger partial charge in [-0.05, 0) is 49.9 Å². The van der Waals surface area contributed by atoms with Crippen LogP contribution in [-0.4, -0.2) is 44.4 Å². The molecule has 0 radical (unpaired) electrons. The monoisotopic (exact) mass is 333 g/mol. The van der Waals surface area contributed by atoms with E-state index in [0.29, 0.717) is 12.6 Å². The van der Waals surface area contributed by atoms with Crippen molar-refractivity contribution in [2.24, 2.45) is 0 Å². The van der Waals surface area contributed by atoms with Crippen LogP contribution in [0.4, 0.5) is 5.69 Å². The van der Waals surface area contributed by atoms with Gasteiger partial charge in [-0.3, -0.25) is 0 Å². The van der Waals surface area contributed by atoms with Crippen molar-refractivity contribution >= 4 is 5.69 Å². The van der Waals surface area contributed by atoms with Crippen LogP contribution in [0, 0.1) is 0 Å². The molecule has 0 bridgehead atoms. The molecule has 1 saturated carbocycles. The van der Waals surface area contributed by atoms with Crippen molar-refractivity contribution in [3.63, 3.8) is 0 Å². The molecule has 1 aromatic carbocycles. The maximum Gasteiger partial charge on any atom is 0.168 e. The normalized spacial score (nSPS) is 26.8. The number of hydrogen-bond acceptors (Lipinski definition) is 5. The van der Waals surface area contributed by atoms with Gasteiger partial charge in [0.15, 0.2) is 5.79 Å². The van der Waals surface area contributed by atoms with Gasteiger partial charge in [-0.2, -0.15) is 0 Å². The van der Waals surface area contributed by atoms with Gasteiger partial charge in [0.1, 0.15) is 12.4 Å². The van der Waals surface area contributed by atoms with Crippen LogP contribution in [0.1, 0.15) is 38.5 Å². The molecule has 1 unspecified atom stereocenters. The lowest BCUT2D eigenvalue weighted by atomic mass is 9.90. The summed E-state index contributed by atoms with van der Waals surface area (Å²) >= 11 is 0. The van der Waals surface area contributed by atoms with E-state index in [4.69, 9.17) is 18.9 Å². The van der Waals surface area contributed by atoms with E-state index in [1.54, 1.807) is 0 Å². The molecule has 1 aromatic rings. The number of ether oxygens (including phenoxy) is 4. The molecule has 0 aromatic heterocycles. The van der Waals surface area contributed by atoms with Crippen LogP contribution in [0.3, 0.4) is 0 Å². The second-order valence-electron chi connectivity index (χ2n) is 7.00. The molecule has 132 valence electrons. The van der Waals surface area contributed by atoms with Gasteiger partial charge >= 0.3 is 0 Å². The van der Waals surface area contributed by atoms with E-state index in [2.05, 4.69) is 17.4 Å². The summed E-state index contributed by atoms with van der Waals surface area (Å²) in [5.74, 6) is 0.629. The molecule has 4 rings (SSSR count). The fourth-order valence-corrected chi connectivity index (χ4v) is 3.84. The van der Waals surface area contributed by atoms with Crippen molar-refractivity contribution in [2.45, 2.75) is 56.5 Å². The van der Waals surface area contributed by atoms with E-state index in [1.165, 1.54) is 0 Å². The molecule has 3 fully saturated rings. The Balaban J connectivity index is 1.23. The summed E-state index contributed by atoms with van der Waals surface area (Å²) in [7, 11) is 0. The van der Waals surface area contributed by atoms with Gasteiger partial charge < -0.3 is 24.3 Å². The smallest absolute Gasteiger partial charge is 0.168 e. The van der Waals surface area contributed by atoms with Gasteiger partial charge in [-0.15, -0.1) is 0 Å². The molecule has 1 spiro atoms. The zero-order chi connectivity index (χ0) is 16.2. The van der Waals surface area contributed by atoms with Crippen LogP contribution in [0.5, 0.6) is 5.75 Å². The van der Waals surface area contributed by atoms with E-state index >= 15 is 0 Å². The quantitative estimate of drug-likeness (QED) is 0.895. The highest BCUT2D eigenvalue weighted by molar-refractivity contribution is 5.47. The van der Waals surface area contributed by atoms with E-state index in [0.717, 1.165) is 69.8 Å². The van der Waals surface area contributed by atoms with Crippen molar-refractivity contribution in [3.05, 3.63) is 24.3 Å². The minimum Gasteiger partial charge on any atom is -0.491 e. The van der Waals surface area contributed by atoms with Gasteiger partial charge in [0, 0.05) is 31.2 Å². The minimum atomic E-state index is -0.280. The molecule has 5 heteroatoms. The number of hydrogen-bond donors (Lipinski definition) is 1. The van der Waals surface area contributed by atoms with Crippen LogP contribution >= 0.6 is 0 Å². The molecule has 1 N–H and O–H groups in total. The first-order valence-corrected chi connectivity index (χ1v) is 9.20. The summed E-state index contributed by atoms with van der Waals surface area (Å²) in [5, 5.41) is 3.62. The Hall–Kier alpha value is -1.30. The van der Waals surface area contributed by atoms with Crippen molar-refractivity contribution in [2.75, 3.05) is 31.7 Å². The maximum atomic E-state index is 5.81. The average Bonchev–Trinajstić information content (AvgIpc) is 3.29. The largest absolute Gasteiger partial charge is 0.491 e. The summed E-state index contributed by atoms with van der Waals surface area (Å²) in [6.45, 7) is 3.00.